The van der Waals surface area contributed by atoms with Gasteiger partial charge in [-0.15, -0.1) is 0 Å². The summed E-state index contributed by atoms with van der Waals surface area (Å²) in [5.74, 6) is -2.23. The van der Waals surface area contributed by atoms with Crippen molar-refractivity contribution in [2.75, 3.05) is 11.9 Å². The van der Waals surface area contributed by atoms with Crippen LogP contribution in [-0.2, 0) is 0 Å². The molecule has 0 atom stereocenters. The molecule has 0 saturated heterocycles. The van der Waals surface area contributed by atoms with E-state index in [0.717, 1.165) is 6.92 Å². The Morgan fingerprint density at radius 3 is 2.75 bits per heavy atom. The summed E-state index contributed by atoms with van der Waals surface area (Å²) in [7, 11) is 0. The number of alkyl halides is 2. The van der Waals surface area contributed by atoms with E-state index in [9.17, 15) is 8.78 Å². The first kappa shape index (κ1) is 8.90. The molecule has 0 saturated carbocycles. The van der Waals surface area contributed by atoms with E-state index in [-0.39, 0.29) is 6.54 Å². The highest BCUT2D eigenvalue weighted by Gasteiger charge is 2.20. The number of pyridine rings is 1. The molecule has 0 spiro atoms. The summed E-state index contributed by atoms with van der Waals surface area (Å²) in [5, 5.41) is 2.52. The summed E-state index contributed by atoms with van der Waals surface area (Å²) in [6.45, 7) is 0.479. The average Bonchev–Trinajstić information content (AvgIpc) is 2.02. The summed E-state index contributed by atoms with van der Waals surface area (Å²) in [4.78, 5) is 3.84. The van der Waals surface area contributed by atoms with Gasteiger partial charge >= 0.3 is 0 Å². The second-order valence-electron chi connectivity index (χ2n) is 2.64. The predicted molar refractivity (Wildman–Crippen MR) is 43.3 cm³/mol. The van der Waals surface area contributed by atoms with E-state index in [4.69, 9.17) is 0 Å². The average molecular weight is 172 g/mol. The van der Waals surface area contributed by atoms with Crippen LogP contribution < -0.4 is 5.32 Å². The molecule has 66 valence electrons. The van der Waals surface area contributed by atoms with Crippen LogP contribution in [0.15, 0.2) is 24.4 Å². The van der Waals surface area contributed by atoms with Gasteiger partial charge in [0.05, 0.1) is 6.54 Å². The first-order valence-electron chi connectivity index (χ1n) is 3.61. The van der Waals surface area contributed by atoms with Crippen molar-refractivity contribution in [1.29, 1.82) is 0 Å². The van der Waals surface area contributed by atoms with Crippen LogP contribution in [0.5, 0.6) is 0 Å². The highest BCUT2D eigenvalue weighted by molar-refractivity contribution is 5.33. The summed E-state index contributed by atoms with van der Waals surface area (Å²) < 4.78 is 24.6. The normalized spacial score (nSPS) is 11.2. The van der Waals surface area contributed by atoms with E-state index >= 15 is 0 Å². The highest BCUT2D eigenvalue weighted by Crippen LogP contribution is 2.12. The largest absolute Gasteiger partial charge is 0.364 e. The van der Waals surface area contributed by atoms with Gasteiger partial charge in [0.15, 0.2) is 0 Å². The summed E-state index contributed by atoms with van der Waals surface area (Å²) in [6, 6.07) is 5.12. The van der Waals surface area contributed by atoms with Crippen LogP contribution in [0.2, 0.25) is 0 Å². The lowest BCUT2D eigenvalue weighted by atomic mass is 10.4. The quantitative estimate of drug-likeness (QED) is 0.755. The number of aromatic nitrogens is 1. The molecule has 0 aliphatic rings. The zero-order valence-corrected chi connectivity index (χ0v) is 6.72. The highest BCUT2D eigenvalue weighted by atomic mass is 19.3. The molecule has 0 aliphatic carbocycles. The first-order chi connectivity index (χ1) is 5.58. The third kappa shape index (κ3) is 3.27. The maximum absolute atomic E-state index is 12.3. The molecular formula is C8H10F2N2. The van der Waals surface area contributed by atoms with Gasteiger partial charge < -0.3 is 5.32 Å². The van der Waals surface area contributed by atoms with Crippen molar-refractivity contribution >= 4 is 5.82 Å². The second-order valence-corrected chi connectivity index (χ2v) is 2.64. The fourth-order valence-electron chi connectivity index (χ4n) is 0.713. The van der Waals surface area contributed by atoms with Crippen molar-refractivity contribution in [2.24, 2.45) is 0 Å². The van der Waals surface area contributed by atoms with E-state index in [1.165, 1.54) is 0 Å². The van der Waals surface area contributed by atoms with Gasteiger partial charge in [0.1, 0.15) is 5.82 Å². The zero-order valence-electron chi connectivity index (χ0n) is 6.72. The fraction of sp³-hybridized carbons (Fsp3) is 0.375. The van der Waals surface area contributed by atoms with Gasteiger partial charge in [-0.2, -0.15) is 0 Å². The number of rotatable bonds is 3. The van der Waals surface area contributed by atoms with Crippen LogP contribution in [0, 0.1) is 0 Å². The summed E-state index contributed by atoms with van der Waals surface area (Å²) >= 11 is 0. The molecular weight excluding hydrogens is 162 g/mol. The molecule has 4 heteroatoms. The van der Waals surface area contributed by atoms with Crippen LogP contribution >= 0.6 is 0 Å². The molecule has 0 amide bonds. The predicted octanol–water partition coefficient (Wildman–Crippen LogP) is 2.15. The summed E-state index contributed by atoms with van der Waals surface area (Å²) in [5.41, 5.74) is 0. The number of hydrogen-bond donors (Lipinski definition) is 1. The molecule has 2 nitrogen and oxygen atoms in total. The van der Waals surface area contributed by atoms with Crippen LogP contribution in [0.25, 0.3) is 0 Å². The Labute approximate surface area is 69.6 Å². The van der Waals surface area contributed by atoms with Gasteiger partial charge in [-0.05, 0) is 12.1 Å². The van der Waals surface area contributed by atoms with Crippen molar-refractivity contribution < 1.29 is 8.78 Å². The standard InChI is InChI=1S/C8H10F2N2/c1-8(9,10)6-12-7-4-2-3-5-11-7/h2-5H,6H2,1H3,(H,11,12). The summed E-state index contributed by atoms with van der Waals surface area (Å²) in [6.07, 6.45) is 1.55. The molecule has 12 heavy (non-hydrogen) atoms. The van der Waals surface area contributed by atoms with E-state index in [1.807, 2.05) is 0 Å². The second kappa shape index (κ2) is 3.47. The first-order valence-corrected chi connectivity index (χ1v) is 3.61. The molecule has 0 unspecified atom stereocenters. The van der Waals surface area contributed by atoms with Crippen LogP contribution in [-0.4, -0.2) is 17.5 Å². The van der Waals surface area contributed by atoms with E-state index in [1.54, 1.807) is 24.4 Å². The minimum absolute atomic E-state index is 0.385. The Kier molecular flexibility index (Phi) is 2.58. The number of halogens is 2. The molecule has 1 aromatic rings. The molecule has 0 bridgehead atoms. The molecule has 0 radical (unpaired) electrons. The van der Waals surface area contributed by atoms with Crippen LogP contribution in [0.4, 0.5) is 14.6 Å². The third-order valence-electron chi connectivity index (χ3n) is 1.24. The van der Waals surface area contributed by atoms with E-state index in [2.05, 4.69) is 10.3 Å². The lowest BCUT2D eigenvalue weighted by Crippen LogP contribution is -2.23. The Morgan fingerprint density at radius 1 is 1.50 bits per heavy atom. The Morgan fingerprint density at radius 2 is 2.25 bits per heavy atom. The Balaban J connectivity index is 2.44. The molecule has 0 fully saturated rings. The molecule has 1 N–H and O–H groups in total. The van der Waals surface area contributed by atoms with Crippen LogP contribution in [0.3, 0.4) is 0 Å². The number of anilines is 1. The monoisotopic (exact) mass is 172 g/mol. The van der Waals surface area contributed by atoms with Gasteiger partial charge in [0, 0.05) is 13.1 Å². The number of nitrogens with zero attached hydrogens (tertiary/aromatic N) is 1. The smallest absolute Gasteiger partial charge is 0.262 e. The van der Waals surface area contributed by atoms with E-state index < -0.39 is 5.92 Å². The SMILES string of the molecule is CC(F)(F)CNc1ccccn1. The van der Waals surface area contributed by atoms with Gasteiger partial charge in [0.2, 0.25) is 0 Å². The Hall–Kier alpha value is -1.19. The topological polar surface area (TPSA) is 24.9 Å². The lowest BCUT2D eigenvalue weighted by molar-refractivity contribution is 0.0367. The third-order valence-corrected chi connectivity index (χ3v) is 1.24. The van der Waals surface area contributed by atoms with E-state index in [0.29, 0.717) is 5.82 Å². The zero-order chi connectivity index (χ0) is 9.03. The molecule has 0 aliphatic heterocycles. The van der Waals surface area contributed by atoms with Gasteiger partial charge in [-0.25, -0.2) is 13.8 Å². The minimum Gasteiger partial charge on any atom is -0.364 e. The van der Waals surface area contributed by atoms with Crippen molar-refractivity contribution in [3.63, 3.8) is 0 Å². The number of hydrogen-bond acceptors (Lipinski definition) is 2. The van der Waals surface area contributed by atoms with Gasteiger partial charge in [0.25, 0.3) is 5.92 Å². The maximum Gasteiger partial charge on any atom is 0.262 e. The van der Waals surface area contributed by atoms with Crippen molar-refractivity contribution in [1.82, 2.24) is 4.98 Å². The fourth-order valence-corrected chi connectivity index (χ4v) is 0.713. The van der Waals surface area contributed by atoms with Gasteiger partial charge in [-0.1, -0.05) is 6.07 Å². The molecule has 1 aromatic heterocycles. The number of nitrogens with one attached hydrogen (secondary N) is 1. The van der Waals surface area contributed by atoms with Crippen molar-refractivity contribution in [3.8, 4) is 0 Å². The molecule has 1 heterocycles. The molecule has 1 rings (SSSR count). The van der Waals surface area contributed by atoms with Crippen molar-refractivity contribution in [2.45, 2.75) is 12.8 Å². The maximum atomic E-state index is 12.3. The van der Waals surface area contributed by atoms with Crippen molar-refractivity contribution in [3.05, 3.63) is 24.4 Å². The van der Waals surface area contributed by atoms with Crippen LogP contribution in [0.1, 0.15) is 6.92 Å². The minimum atomic E-state index is -2.70. The molecule has 0 aromatic carbocycles. The lowest BCUT2D eigenvalue weighted by Gasteiger charge is -2.11. The Bertz CT molecular complexity index is 231. The van der Waals surface area contributed by atoms with Gasteiger partial charge in [-0.3, -0.25) is 0 Å².